The van der Waals surface area contributed by atoms with Crippen molar-refractivity contribution in [2.75, 3.05) is 19.0 Å². The molecule has 1 aliphatic carbocycles. The lowest BCUT2D eigenvalue weighted by Gasteiger charge is -2.22. The number of aromatic nitrogens is 4. The van der Waals surface area contributed by atoms with Gasteiger partial charge in [0, 0.05) is 18.8 Å². The van der Waals surface area contributed by atoms with E-state index in [9.17, 15) is 9.59 Å². The predicted octanol–water partition coefficient (Wildman–Crippen LogP) is 1.53. The number of nitrogens with zero attached hydrogens (tertiary/aromatic N) is 4. The first-order valence-electron chi connectivity index (χ1n) is 8.87. The number of carbonyl (C=O) groups excluding carboxylic acids is 1. The van der Waals surface area contributed by atoms with E-state index in [0.717, 1.165) is 12.8 Å². The molecule has 1 aromatic carbocycles. The molecule has 0 aliphatic heterocycles. The largest absolute Gasteiger partial charge is 0.383 e. The molecule has 3 rings (SSSR count). The Hall–Kier alpha value is -2.68. The third-order valence-corrected chi connectivity index (χ3v) is 4.46. The second-order valence-corrected chi connectivity index (χ2v) is 6.37. The van der Waals surface area contributed by atoms with Crippen molar-refractivity contribution in [1.29, 1.82) is 0 Å². The van der Waals surface area contributed by atoms with Gasteiger partial charge in [0.25, 0.3) is 0 Å². The number of anilines is 1. The number of nitrogens with one attached hydrogen (secondary N) is 2. The van der Waals surface area contributed by atoms with E-state index < -0.39 is 0 Å². The fourth-order valence-electron chi connectivity index (χ4n) is 3.04. The van der Waals surface area contributed by atoms with Crippen molar-refractivity contribution in [2.24, 2.45) is 0 Å². The van der Waals surface area contributed by atoms with Gasteiger partial charge in [0.2, 0.25) is 0 Å². The molecule has 1 aliphatic rings. The number of hydrogen-bond acceptors (Lipinski definition) is 5. The van der Waals surface area contributed by atoms with E-state index in [1.54, 1.807) is 31.4 Å². The van der Waals surface area contributed by atoms with Crippen LogP contribution in [0.1, 0.15) is 32.1 Å². The Bertz CT molecular complexity index is 777. The topological polar surface area (TPSA) is 103 Å². The van der Waals surface area contributed by atoms with Crippen molar-refractivity contribution in [1.82, 2.24) is 25.1 Å². The molecule has 9 heteroatoms. The smallest absolute Gasteiger partial charge is 0.368 e. The summed E-state index contributed by atoms with van der Waals surface area (Å²) in [5, 5.41) is 13.5. The molecule has 2 N–H and O–H groups in total. The normalized spacial score (nSPS) is 15.0. The fraction of sp³-hybridized carbons (Fsp3) is 0.529. The van der Waals surface area contributed by atoms with E-state index in [4.69, 9.17) is 4.74 Å². The highest BCUT2D eigenvalue weighted by Gasteiger charge is 2.15. The first-order valence-corrected chi connectivity index (χ1v) is 8.87. The van der Waals surface area contributed by atoms with E-state index in [0.29, 0.717) is 24.5 Å². The maximum Gasteiger partial charge on any atom is 0.368 e. The summed E-state index contributed by atoms with van der Waals surface area (Å²) >= 11 is 0. The van der Waals surface area contributed by atoms with Crippen LogP contribution in [-0.4, -0.2) is 45.6 Å². The molecule has 9 nitrogen and oxygen atoms in total. The van der Waals surface area contributed by atoms with Gasteiger partial charge in [0.05, 0.1) is 18.8 Å². The zero-order chi connectivity index (χ0) is 18.4. The zero-order valence-electron chi connectivity index (χ0n) is 14.9. The van der Waals surface area contributed by atoms with E-state index in [1.165, 1.54) is 28.6 Å². The van der Waals surface area contributed by atoms with Crippen LogP contribution in [0.15, 0.2) is 29.1 Å². The molecule has 140 valence electrons. The summed E-state index contributed by atoms with van der Waals surface area (Å²) in [5.74, 6) is 0. The minimum absolute atomic E-state index is 0.202. The zero-order valence-corrected chi connectivity index (χ0v) is 14.9. The Kier molecular flexibility index (Phi) is 6.00. The average molecular weight is 360 g/mol. The number of urea groups is 1. The molecule has 1 heterocycles. The molecule has 0 bridgehead atoms. The molecule has 0 spiro atoms. The van der Waals surface area contributed by atoms with Gasteiger partial charge in [-0.1, -0.05) is 19.3 Å². The minimum Gasteiger partial charge on any atom is -0.383 e. The molecule has 0 unspecified atom stereocenters. The Balaban J connectivity index is 1.60. The van der Waals surface area contributed by atoms with Crippen molar-refractivity contribution in [3.63, 3.8) is 0 Å². The molecule has 0 saturated heterocycles. The number of amides is 2. The second kappa shape index (κ2) is 8.61. The van der Waals surface area contributed by atoms with Crippen molar-refractivity contribution >= 4 is 11.7 Å². The van der Waals surface area contributed by atoms with Crippen LogP contribution in [-0.2, 0) is 11.3 Å². The molecule has 2 amide bonds. The highest BCUT2D eigenvalue weighted by Crippen LogP contribution is 2.17. The van der Waals surface area contributed by atoms with Gasteiger partial charge in [-0.15, -0.1) is 0 Å². The maximum absolute atomic E-state index is 12.2. The lowest BCUT2D eigenvalue weighted by atomic mass is 9.96. The Morgan fingerprint density at radius 3 is 2.62 bits per heavy atom. The molecule has 1 fully saturated rings. The molecule has 0 radical (unpaired) electrons. The molecular weight excluding hydrogens is 336 g/mol. The number of hydrogen-bond donors (Lipinski definition) is 2. The average Bonchev–Trinajstić information content (AvgIpc) is 3.02. The van der Waals surface area contributed by atoms with Crippen LogP contribution in [0, 0.1) is 0 Å². The predicted molar refractivity (Wildman–Crippen MR) is 96.5 cm³/mol. The van der Waals surface area contributed by atoms with E-state index in [2.05, 4.69) is 21.1 Å². The minimum atomic E-state index is -0.335. The van der Waals surface area contributed by atoms with Crippen LogP contribution in [0.2, 0.25) is 0 Å². The monoisotopic (exact) mass is 360 g/mol. The summed E-state index contributed by atoms with van der Waals surface area (Å²) in [5.41, 5.74) is 0.900. The molecule has 2 aromatic rings. The molecule has 1 aromatic heterocycles. The van der Waals surface area contributed by atoms with Crippen LogP contribution in [0.4, 0.5) is 10.5 Å². The van der Waals surface area contributed by atoms with Gasteiger partial charge in [0.1, 0.15) is 0 Å². The summed E-state index contributed by atoms with van der Waals surface area (Å²) < 4.78 is 7.39. The quantitative estimate of drug-likeness (QED) is 0.813. The van der Waals surface area contributed by atoms with Crippen molar-refractivity contribution in [3.8, 4) is 5.69 Å². The van der Waals surface area contributed by atoms with Gasteiger partial charge in [-0.3, -0.25) is 0 Å². The van der Waals surface area contributed by atoms with E-state index in [-0.39, 0.29) is 17.8 Å². The number of rotatable bonds is 6. The maximum atomic E-state index is 12.2. The third-order valence-electron chi connectivity index (χ3n) is 4.46. The van der Waals surface area contributed by atoms with Crippen LogP contribution in [0.3, 0.4) is 0 Å². The lowest BCUT2D eigenvalue weighted by Crippen LogP contribution is -2.39. The second-order valence-electron chi connectivity index (χ2n) is 6.37. The molecule has 26 heavy (non-hydrogen) atoms. The van der Waals surface area contributed by atoms with Crippen molar-refractivity contribution in [2.45, 2.75) is 44.7 Å². The summed E-state index contributed by atoms with van der Waals surface area (Å²) in [7, 11) is 1.56. The lowest BCUT2D eigenvalue weighted by molar-refractivity contribution is 0.181. The SMILES string of the molecule is COCCn1nnn(-c2ccc(NC(=O)NC3CCCCC3)cc2)c1=O. The first-order chi connectivity index (χ1) is 12.7. The standard InChI is InChI=1S/C17H24N6O3/c1-26-12-11-22-17(25)23(21-20-22)15-9-7-14(8-10-15)19-16(24)18-13-5-3-2-4-6-13/h7-10,13H,2-6,11-12H2,1H3,(H2,18,19,24). The summed E-state index contributed by atoms with van der Waals surface area (Å²) in [6.07, 6.45) is 5.65. The third kappa shape index (κ3) is 4.48. The molecule has 0 atom stereocenters. The van der Waals surface area contributed by atoms with Gasteiger partial charge in [-0.2, -0.15) is 9.36 Å². The number of ether oxygens (including phenoxy) is 1. The first kappa shape index (κ1) is 18.1. The highest BCUT2D eigenvalue weighted by atomic mass is 16.5. The van der Waals surface area contributed by atoms with Gasteiger partial charge >= 0.3 is 11.7 Å². The van der Waals surface area contributed by atoms with Crippen LogP contribution >= 0.6 is 0 Å². The van der Waals surface area contributed by atoms with Crippen molar-refractivity contribution in [3.05, 3.63) is 34.7 Å². The Labute approximate surface area is 151 Å². The van der Waals surface area contributed by atoms with Crippen LogP contribution in [0.5, 0.6) is 0 Å². The van der Waals surface area contributed by atoms with Gasteiger partial charge in [-0.05, 0) is 47.5 Å². The number of benzene rings is 1. The highest BCUT2D eigenvalue weighted by molar-refractivity contribution is 5.89. The van der Waals surface area contributed by atoms with Crippen LogP contribution < -0.4 is 16.3 Å². The van der Waals surface area contributed by atoms with Crippen LogP contribution in [0.25, 0.3) is 5.69 Å². The number of tetrazole rings is 1. The fourth-order valence-corrected chi connectivity index (χ4v) is 3.04. The van der Waals surface area contributed by atoms with Gasteiger partial charge in [-0.25, -0.2) is 9.59 Å². The van der Waals surface area contributed by atoms with Gasteiger partial charge < -0.3 is 15.4 Å². The summed E-state index contributed by atoms with van der Waals surface area (Å²) in [6, 6.07) is 6.95. The number of methoxy groups -OCH3 is 1. The van der Waals surface area contributed by atoms with Gasteiger partial charge in [0.15, 0.2) is 0 Å². The Morgan fingerprint density at radius 2 is 1.92 bits per heavy atom. The summed E-state index contributed by atoms with van der Waals surface area (Å²) in [6.45, 7) is 0.730. The Morgan fingerprint density at radius 1 is 1.19 bits per heavy atom. The van der Waals surface area contributed by atoms with Crippen molar-refractivity contribution < 1.29 is 9.53 Å². The summed E-state index contributed by atoms with van der Waals surface area (Å²) in [4.78, 5) is 24.3. The molecule has 1 saturated carbocycles. The van der Waals surface area contributed by atoms with E-state index in [1.807, 2.05) is 0 Å². The number of carbonyl (C=O) groups is 1. The van der Waals surface area contributed by atoms with E-state index >= 15 is 0 Å². The molecular formula is C17H24N6O3.